The standard InChI is InChI=1S/C20H24FN3O2S/c1-13-18(23-25-12-16-9-10-17(27-16)20(2,3)4)19(24(5)22-13)26-15-8-6-7-14(21)11-15/h6-11,19H,12H2,1-5H3. The summed E-state index contributed by atoms with van der Waals surface area (Å²) in [5.74, 6) is 0.0606. The monoisotopic (exact) mass is 389 g/mol. The van der Waals surface area contributed by atoms with Crippen molar-refractivity contribution in [3.05, 3.63) is 52.0 Å². The Bertz CT molecular complexity index is 870. The Balaban J connectivity index is 1.69. The van der Waals surface area contributed by atoms with E-state index in [4.69, 9.17) is 9.57 Å². The second kappa shape index (κ2) is 7.68. The lowest BCUT2D eigenvalue weighted by Gasteiger charge is -2.20. The van der Waals surface area contributed by atoms with Crippen LogP contribution in [0, 0.1) is 5.82 Å². The Hall–Kier alpha value is -2.41. The van der Waals surface area contributed by atoms with Crippen LogP contribution in [0.15, 0.2) is 46.7 Å². The van der Waals surface area contributed by atoms with Gasteiger partial charge in [0.25, 0.3) is 0 Å². The van der Waals surface area contributed by atoms with Crippen LogP contribution in [0.5, 0.6) is 5.75 Å². The van der Waals surface area contributed by atoms with E-state index in [1.807, 2.05) is 6.92 Å². The largest absolute Gasteiger partial charge is 0.463 e. The third-order valence-electron chi connectivity index (χ3n) is 4.07. The summed E-state index contributed by atoms with van der Waals surface area (Å²) in [7, 11) is 1.78. The molecule has 1 aliphatic heterocycles. The molecule has 144 valence electrons. The van der Waals surface area contributed by atoms with E-state index in [9.17, 15) is 4.39 Å². The molecule has 0 amide bonds. The van der Waals surface area contributed by atoms with Crippen LogP contribution in [-0.4, -0.2) is 29.7 Å². The van der Waals surface area contributed by atoms with Crippen molar-refractivity contribution in [1.82, 2.24) is 5.01 Å². The highest BCUT2D eigenvalue weighted by Crippen LogP contribution is 2.30. The molecule has 0 aliphatic carbocycles. The minimum absolute atomic E-state index is 0.121. The molecule has 0 saturated heterocycles. The molecule has 0 bridgehead atoms. The third-order valence-corrected chi connectivity index (χ3v) is 5.55. The van der Waals surface area contributed by atoms with E-state index in [0.717, 1.165) is 4.88 Å². The third kappa shape index (κ3) is 4.66. The summed E-state index contributed by atoms with van der Waals surface area (Å²) in [4.78, 5) is 7.99. The molecule has 5 nitrogen and oxygen atoms in total. The first-order valence-corrected chi connectivity index (χ1v) is 9.55. The molecule has 7 heteroatoms. The van der Waals surface area contributed by atoms with Crippen LogP contribution in [0.25, 0.3) is 0 Å². The Morgan fingerprint density at radius 2 is 2.04 bits per heavy atom. The molecule has 0 fully saturated rings. The van der Waals surface area contributed by atoms with E-state index in [1.54, 1.807) is 35.5 Å². The topological polar surface area (TPSA) is 46.4 Å². The van der Waals surface area contributed by atoms with Crippen LogP contribution >= 0.6 is 11.3 Å². The average molecular weight is 389 g/mol. The number of rotatable bonds is 5. The maximum atomic E-state index is 13.4. The van der Waals surface area contributed by atoms with Crippen LogP contribution in [0.1, 0.15) is 37.4 Å². The Morgan fingerprint density at radius 3 is 2.70 bits per heavy atom. The molecule has 1 aromatic heterocycles. The molecule has 27 heavy (non-hydrogen) atoms. The van der Waals surface area contributed by atoms with Crippen molar-refractivity contribution in [2.24, 2.45) is 10.3 Å². The highest BCUT2D eigenvalue weighted by Gasteiger charge is 2.32. The van der Waals surface area contributed by atoms with Gasteiger partial charge in [0.05, 0.1) is 5.71 Å². The number of ether oxygens (including phenoxy) is 1. The van der Waals surface area contributed by atoms with E-state index in [0.29, 0.717) is 23.8 Å². The van der Waals surface area contributed by atoms with Crippen molar-refractivity contribution in [3.8, 4) is 5.75 Å². The molecular formula is C20H24FN3O2S. The van der Waals surface area contributed by atoms with Crippen molar-refractivity contribution in [2.75, 3.05) is 7.05 Å². The molecule has 0 radical (unpaired) electrons. The summed E-state index contributed by atoms with van der Waals surface area (Å²) < 4.78 is 19.3. The molecule has 0 N–H and O–H groups in total. The number of hydrogen-bond acceptors (Lipinski definition) is 6. The summed E-state index contributed by atoms with van der Waals surface area (Å²) in [6.45, 7) is 8.79. The molecule has 2 heterocycles. The predicted molar refractivity (Wildman–Crippen MR) is 107 cm³/mol. The molecule has 1 aliphatic rings. The van der Waals surface area contributed by atoms with E-state index in [-0.39, 0.29) is 11.2 Å². The highest BCUT2D eigenvalue weighted by molar-refractivity contribution is 7.12. The summed E-state index contributed by atoms with van der Waals surface area (Å²) in [6, 6.07) is 10.2. The van der Waals surface area contributed by atoms with Gasteiger partial charge >= 0.3 is 0 Å². The molecule has 3 rings (SSSR count). The normalized spacial score (nSPS) is 18.7. The van der Waals surface area contributed by atoms with Crippen molar-refractivity contribution in [2.45, 2.75) is 45.9 Å². The van der Waals surface area contributed by atoms with E-state index < -0.39 is 6.23 Å². The molecule has 2 aromatic rings. The smallest absolute Gasteiger partial charge is 0.235 e. The zero-order valence-corrected chi connectivity index (χ0v) is 17.0. The number of thiophene rings is 1. The number of nitrogens with zero attached hydrogens (tertiary/aromatic N) is 3. The lowest BCUT2D eigenvalue weighted by Crippen LogP contribution is -2.36. The molecular weight excluding hydrogens is 365 g/mol. The first-order valence-electron chi connectivity index (χ1n) is 8.74. The SMILES string of the molecule is CC1=NN(C)C(Oc2cccc(F)c2)C1=NOCc1ccc(C(C)(C)C)s1. The predicted octanol–water partition coefficient (Wildman–Crippen LogP) is 4.78. The zero-order chi connectivity index (χ0) is 19.6. The Labute approximate surface area is 163 Å². The Kier molecular flexibility index (Phi) is 5.51. The van der Waals surface area contributed by atoms with Crippen molar-refractivity contribution in [1.29, 1.82) is 0 Å². The summed E-state index contributed by atoms with van der Waals surface area (Å²) >= 11 is 1.72. The van der Waals surface area contributed by atoms with Gasteiger partial charge in [-0.25, -0.2) is 4.39 Å². The van der Waals surface area contributed by atoms with E-state index in [1.165, 1.54) is 17.0 Å². The van der Waals surface area contributed by atoms with Gasteiger partial charge in [0.1, 0.15) is 11.6 Å². The van der Waals surface area contributed by atoms with Crippen LogP contribution in [-0.2, 0) is 16.9 Å². The van der Waals surface area contributed by atoms with Crippen LogP contribution < -0.4 is 4.74 Å². The lowest BCUT2D eigenvalue weighted by molar-refractivity contribution is 0.0978. The van der Waals surface area contributed by atoms with Crippen LogP contribution in [0.4, 0.5) is 4.39 Å². The van der Waals surface area contributed by atoms with Gasteiger partial charge in [-0.3, -0.25) is 5.01 Å². The van der Waals surface area contributed by atoms with Gasteiger partial charge in [-0.1, -0.05) is 32.0 Å². The molecule has 1 unspecified atom stereocenters. The quantitative estimate of drug-likeness (QED) is 0.691. The minimum Gasteiger partial charge on any atom is -0.463 e. The fraction of sp³-hybridized carbons (Fsp3) is 0.400. The molecule has 1 aromatic carbocycles. The van der Waals surface area contributed by atoms with Crippen molar-refractivity contribution >= 4 is 22.8 Å². The van der Waals surface area contributed by atoms with Gasteiger partial charge in [0.15, 0.2) is 12.3 Å². The Morgan fingerprint density at radius 1 is 1.26 bits per heavy atom. The number of benzene rings is 1. The highest BCUT2D eigenvalue weighted by atomic mass is 32.1. The van der Waals surface area contributed by atoms with Gasteiger partial charge in [0, 0.05) is 22.9 Å². The first kappa shape index (κ1) is 19.4. The van der Waals surface area contributed by atoms with E-state index in [2.05, 4.69) is 43.2 Å². The van der Waals surface area contributed by atoms with Crippen LogP contribution in [0.3, 0.4) is 0 Å². The fourth-order valence-electron chi connectivity index (χ4n) is 2.63. The average Bonchev–Trinajstić information content (AvgIpc) is 3.15. The van der Waals surface area contributed by atoms with Gasteiger partial charge in [-0.05, 0) is 36.6 Å². The zero-order valence-electron chi connectivity index (χ0n) is 16.2. The minimum atomic E-state index is -0.555. The maximum Gasteiger partial charge on any atom is 0.235 e. The summed E-state index contributed by atoms with van der Waals surface area (Å²) in [6.07, 6.45) is -0.555. The summed E-state index contributed by atoms with van der Waals surface area (Å²) in [5, 5.41) is 10.3. The van der Waals surface area contributed by atoms with Gasteiger partial charge in [-0.15, -0.1) is 11.3 Å². The number of halogens is 1. The number of hydrogen-bond donors (Lipinski definition) is 0. The second-order valence-corrected chi connectivity index (χ2v) is 8.62. The van der Waals surface area contributed by atoms with Crippen molar-refractivity contribution < 1.29 is 14.0 Å². The lowest BCUT2D eigenvalue weighted by atomic mass is 9.95. The molecule has 0 saturated carbocycles. The van der Waals surface area contributed by atoms with Crippen molar-refractivity contribution in [3.63, 3.8) is 0 Å². The fourth-order valence-corrected chi connectivity index (χ4v) is 3.60. The number of oxime groups is 1. The van der Waals surface area contributed by atoms with Gasteiger partial charge in [-0.2, -0.15) is 5.10 Å². The molecule has 1 atom stereocenters. The second-order valence-electron chi connectivity index (χ2n) is 7.45. The first-order chi connectivity index (χ1) is 12.7. The summed E-state index contributed by atoms with van der Waals surface area (Å²) in [5.41, 5.74) is 1.41. The maximum absolute atomic E-state index is 13.4. The van der Waals surface area contributed by atoms with E-state index >= 15 is 0 Å². The molecule has 0 spiro atoms. The van der Waals surface area contributed by atoms with Crippen LogP contribution in [0.2, 0.25) is 0 Å². The van der Waals surface area contributed by atoms with Gasteiger partial charge < -0.3 is 9.57 Å². The van der Waals surface area contributed by atoms with Gasteiger partial charge in [0.2, 0.25) is 6.23 Å². The number of hydrazone groups is 1.